The van der Waals surface area contributed by atoms with Crippen molar-refractivity contribution in [1.29, 1.82) is 0 Å². The molecule has 2 aromatic rings. The third kappa shape index (κ3) is 3.80. The summed E-state index contributed by atoms with van der Waals surface area (Å²) in [6.07, 6.45) is -3.92. The Morgan fingerprint density at radius 3 is 2.43 bits per heavy atom. The normalized spacial score (nSPS) is 12.7. The third-order valence-corrected chi connectivity index (χ3v) is 3.47. The van der Waals surface area contributed by atoms with Crippen molar-refractivity contribution in [3.8, 4) is 0 Å². The van der Waals surface area contributed by atoms with Gasteiger partial charge in [0.05, 0.1) is 5.56 Å². The highest BCUT2D eigenvalue weighted by Gasteiger charge is 2.32. The molecule has 0 aliphatic carbocycles. The number of hydrogen-bond acceptors (Lipinski definition) is 2. The van der Waals surface area contributed by atoms with Crippen LogP contribution in [0.5, 0.6) is 0 Å². The third-order valence-electron chi connectivity index (χ3n) is 3.47. The van der Waals surface area contributed by atoms with Gasteiger partial charge in [-0.1, -0.05) is 18.2 Å². The first kappa shape index (κ1) is 16.8. The number of carbonyl (C=O) groups excluding carboxylic acids is 1. The average Bonchev–Trinajstić information content (AvgIpc) is 2.48. The Balaban J connectivity index is 2.29. The van der Waals surface area contributed by atoms with Gasteiger partial charge in [0.1, 0.15) is 6.04 Å². The second kappa shape index (κ2) is 6.28. The summed E-state index contributed by atoms with van der Waals surface area (Å²) >= 11 is 0. The van der Waals surface area contributed by atoms with Crippen molar-refractivity contribution in [3.05, 3.63) is 64.1 Å². The van der Waals surface area contributed by atoms with Gasteiger partial charge >= 0.3 is 6.18 Å². The number of aryl methyl sites for hydroxylation is 1. The van der Waals surface area contributed by atoms with Gasteiger partial charge in [0.2, 0.25) is 5.91 Å². The quantitative estimate of drug-likeness (QED) is 0.941. The number of aromatic nitrogens is 1. The zero-order chi connectivity index (χ0) is 17.2. The SMILES string of the molecule is Cc1ccccc1NC(=O)C(C)n1cc(C(F)(F)F)ccc1=O. The number of alkyl halides is 3. The molecule has 1 unspecified atom stereocenters. The van der Waals surface area contributed by atoms with Crippen LogP contribution < -0.4 is 10.9 Å². The zero-order valence-electron chi connectivity index (χ0n) is 12.5. The van der Waals surface area contributed by atoms with Crippen molar-refractivity contribution in [3.63, 3.8) is 0 Å². The Hall–Kier alpha value is -2.57. The molecule has 4 nitrogen and oxygen atoms in total. The van der Waals surface area contributed by atoms with Crippen LogP contribution in [0.15, 0.2) is 47.4 Å². The first-order valence-electron chi connectivity index (χ1n) is 6.86. The molecule has 0 saturated carbocycles. The molecule has 0 radical (unpaired) electrons. The van der Waals surface area contributed by atoms with Crippen molar-refractivity contribution in [1.82, 2.24) is 4.57 Å². The molecule has 0 saturated heterocycles. The van der Waals surface area contributed by atoms with Crippen LogP contribution in [0.2, 0.25) is 0 Å². The zero-order valence-corrected chi connectivity index (χ0v) is 12.5. The van der Waals surface area contributed by atoms with Crippen LogP contribution >= 0.6 is 0 Å². The summed E-state index contributed by atoms with van der Waals surface area (Å²) in [7, 11) is 0. The summed E-state index contributed by atoms with van der Waals surface area (Å²) in [5, 5.41) is 2.61. The highest BCUT2D eigenvalue weighted by molar-refractivity contribution is 5.94. The number of hydrogen-bond donors (Lipinski definition) is 1. The number of benzene rings is 1. The van der Waals surface area contributed by atoms with Crippen LogP contribution in [0.1, 0.15) is 24.1 Å². The summed E-state index contributed by atoms with van der Waals surface area (Å²) in [6.45, 7) is 3.16. The number of para-hydroxylation sites is 1. The standard InChI is InChI=1S/C16H15F3N2O2/c1-10-5-3-4-6-13(10)20-15(23)11(2)21-9-12(16(17,18)19)7-8-14(21)22/h3-9,11H,1-2H3,(H,20,23). The maximum atomic E-state index is 12.7. The van der Waals surface area contributed by atoms with Crippen LogP contribution in [0, 0.1) is 6.92 Å². The number of rotatable bonds is 3. The van der Waals surface area contributed by atoms with Crippen LogP contribution in [0.25, 0.3) is 0 Å². The molecule has 1 aromatic heterocycles. The molecular formula is C16H15F3N2O2. The summed E-state index contributed by atoms with van der Waals surface area (Å²) in [5.41, 5.74) is -0.299. The largest absolute Gasteiger partial charge is 0.417 e. The minimum atomic E-state index is -4.58. The molecule has 0 aliphatic heterocycles. The fourth-order valence-corrected chi connectivity index (χ4v) is 2.05. The first-order chi connectivity index (χ1) is 10.7. The molecule has 0 bridgehead atoms. The van der Waals surface area contributed by atoms with Crippen LogP contribution in [0.3, 0.4) is 0 Å². The molecule has 0 spiro atoms. The lowest BCUT2D eigenvalue weighted by atomic mass is 10.2. The molecule has 1 atom stereocenters. The van der Waals surface area contributed by atoms with E-state index < -0.39 is 29.2 Å². The molecule has 122 valence electrons. The fourth-order valence-electron chi connectivity index (χ4n) is 2.05. The van der Waals surface area contributed by atoms with Gasteiger partial charge < -0.3 is 9.88 Å². The van der Waals surface area contributed by atoms with E-state index in [2.05, 4.69) is 5.32 Å². The van der Waals surface area contributed by atoms with Crippen molar-refractivity contribution in [2.24, 2.45) is 0 Å². The molecular weight excluding hydrogens is 309 g/mol. The highest BCUT2D eigenvalue weighted by Crippen LogP contribution is 2.28. The van der Waals surface area contributed by atoms with E-state index in [0.717, 1.165) is 16.2 Å². The van der Waals surface area contributed by atoms with Crippen LogP contribution in [-0.2, 0) is 11.0 Å². The fraction of sp³-hybridized carbons (Fsp3) is 0.250. The van der Waals surface area contributed by atoms with Gasteiger partial charge in [-0.05, 0) is 31.5 Å². The summed E-state index contributed by atoms with van der Waals surface area (Å²) < 4.78 is 39.0. The number of nitrogens with zero attached hydrogens (tertiary/aromatic N) is 1. The number of halogens is 3. The van der Waals surface area contributed by atoms with E-state index in [1.54, 1.807) is 31.2 Å². The number of pyridine rings is 1. The smallest absolute Gasteiger partial charge is 0.324 e. The van der Waals surface area contributed by atoms with Gasteiger partial charge in [-0.3, -0.25) is 9.59 Å². The molecule has 1 heterocycles. The molecule has 23 heavy (non-hydrogen) atoms. The number of nitrogens with one attached hydrogen (secondary N) is 1. The molecule has 7 heteroatoms. The predicted molar refractivity (Wildman–Crippen MR) is 80.2 cm³/mol. The maximum absolute atomic E-state index is 12.7. The second-order valence-corrected chi connectivity index (χ2v) is 5.14. The van der Waals surface area contributed by atoms with Crippen LogP contribution in [0.4, 0.5) is 18.9 Å². The molecule has 1 amide bonds. The molecule has 2 rings (SSSR count). The van der Waals surface area contributed by atoms with E-state index in [0.29, 0.717) is 18.0 Å². The van der Waals surface area contributed by atoms with Gasteiger partial charge in [0, 0.05) is 18.0 Å². The van der Waals surface area contributed by atoms with Gasteiger partial charge in [0.15, 0.2) is 0 Å². The molecule has 1 aromatic carbocycles. The first-order valence-corrected chi connectivity index (χ1v) is 6.86. The van der Waals surface area contributed by atoms with Crippen molar-refractivity contribution in [2.45, 2.75) is 26.1 Å². The van der Waals surface area contributed by atoms with E-state index in [1.165, 1.54) is 6.92 Å². The molecule has 0 aliphatic rings. The average molecular weight is 324 g/mol. The van der Waals surface area contributed by atoms with E-state index >= 15 is 0 Å². The predicted octanol–water partition coefficient (Wildman–Crippen LogP) is 3.38. The van der Waals surface area contributed by atoms with Gasteiger partial charge in [-0.2, -0.15) is 13.2 Å². The minimum absolute atomic E-state index is 0.546. The molecule has 1 N–H and O–H groups in total. The number of carbonyl (C=O) groups is 1. The summed E-state index contributed by atoms with van der Waals surface area (Å²) in [5.74, 6) is -0.569. The van der Waals surface area contributed by atoms with Crippen molar-refractivity contribution < 1.29 is 18.0 Å². The van der Waals surface area contributed by atoms with Gasteiger partial charge in [0.25, 0.3) is 5.56 Å². The number of anilines is 1. The van der Waals surface area contributed by atoms with Gasteiger partial charge in [-0.15, -0.1) is 0 Å². The summed E-state index contributed by atoms with van der Waals surface area (Å²) in [4.78, 5) is 24.0. The summed E-state index contributed by atoms with van der Waals surface area (Å²) in [6, 6.07) is 7.41. The monoisotopic (exact) mass is 324 g/mol. The molecule has 0 fully saturated rings. The van der Waals surface area contributed by atoms with E-state index in [1.807, 2.05) is 0 Å². The van der Waals surface area contributed by atoms with Crippen molar-refractivity contribution >= 4 is 11.6 Å². The Bertz CT molecular complexity index is 781. The van der Waals surface area contributed by atoms with Crippen LogP contribution in [-0.4, -0.2) is 10.5 Å². The minimum Gasteiger partial charge on any atom is -0.324 e. The lowest BCUT2D eigenvalue weighted by Crippen LogP contribution is -2.32. The topological polar surface area (TPSA) is 51.1 Å². The lowest BCUT2D eigenvalue weighted by Gasteiger charge is -2.17. The van der Waals surface area contributed by atoms with E-state index in [-0.39, 0.29) is 0 Å². The Morgan fingerprint density at radius 2 is 1.83 bits per heavy atom. The number of amides is 1. The highest BCUT2D eigenvalue weighted by atomic mass is 19.4. The van der Waals surface area contributed by atoms with Crippen molar-refractivity contribution in [2.75, 3.05) is 5.32 Å². The Labute approximate surface area is 130 Å². The van der Waals surface area contributed by atoms with E-state index in [4.69, 9.17) is 0 Å². The maximum Gasteiger partial charge on any atom is 0.417 e. The lowest BCUT2D eigenvalue weighted by molar-refractivity contribution is -0.138. The van der Waals surface area contributed by atoms with Gasteiger partial charge in [-0.25, -0.2) is 0 Å². The Morgan fingerprint density at radius 1 is 1.17 bits per heavy atom. The second-order valence-electron chi connectivity index (χ2n) is 5.14. The van der Waals surface area contributed by atoms with E-state index in [9.17, 15) is 22.8 Å². The Kier molecular flexibility index (Phi) is 4.58.